The molecular formula is C18H17NO2. The highest BCUT2D eigenvalue weighted by atomic mass is 16.4. The quantitative estimate of drug-likeness (QED) is 0.787. The fourth-order valence-corrected chi connectivity index (χ4v) is 2.53. The second kappa shape index (κ2) is 5.44. The number of hydrogen-bond acceptors (Lipinski definition) is 1. The van der Waals surface area contributed by atoms with E-state index in [2.05, 4.69) is 22.8 Å². The average molecular weight is 279 g/mol. The van der Waals surface area contributed by atoms with Crippen LogP contribution in [0, 0.1) is 0 Å². The van der Waals surface area contributed by atoms with Gasteiger partial charge >= 0.3 is 5.97 Å². The molecule has 1 aromatic heterocycles. The van der Waals surface area contributed by atoms with Gasteiger partial charge in [0, 0.05) is 18.3 Å². The van der Waals surface area contributed by atoms with Crippen molar-refractivity contribution in [3.05, 3.63) is 71.9 Å². The molecule has 0 bridgehead atoms. The van der Waals surface area contributed by atoms with E-state index < -0.39 is 11.9 Å². The Hall–Kier alpha value is -2.55. The summed E-state index contributed by atoms with van der Waals surface area (Å²) in [7, 11) is 0. The second-order valence-electron chi connectivity index (χ2n) is 5.31. The molecule has 2 aromatic carbocycles. The van der Waals surface area contributed by atoms with Crippen LogP contribution in [0.2, 0.25) is 0 Å². The molecule has 0 fully saturated rings. The molecule has 0 amide bonds. The molecule has 0 spiro atoms. The van der Waals surface area contributed by atoms with Crippen LogP contribution in [-0.2, 0) is 11.3 Å². The first-order valence-corrected chi connectivity index (χ1v) is 7.00. The van der Waals surface area contributed by atoms with E-state index in [4.69, 9.17) is 5.11 Å². The van der Waals surface area contributed by atoms with Gasteiger partial charge in [-0.1, -0.05) is 42.5 Å². The third kappa shape index (κ3) is 2.68. The molecule has 3 aromatic rings. The van der Waals surface area contributed by atoms with Gasteiger partial charge in [-0.15, -0.1) is 0 Å². The van der Waals surface area contributed by atoms with Crippen LogP contribution in [0.4, 0.5) is 0 Å². The van der Waals surface area contributed by atoms with Gasteiger partial charge in [0.2, 0.25) is 0 Å². The summed E-state index contributed by atoms with van der Waals surface area (Å²) in [5.74, 6) is -1.29. The normalized spacial score (nSPS) is 12.4. The topological polar surface area (TPSA) is 42.2 Å². The average Bonchev–Trinajstić information content (AvgIpc) is 2.90. The number of carboxylic acids is 1. The van der Waals surface area contributed by atoms with E-state index in [1.54, 1.807) is 6.92 Å². The predicted octanol–water partition coefficient (Wildman–Crippen LogP) is 3.88. The third-order valence-electron chi connectivity index (χ3n) is 3.86. The largest absolute Gasteiger partial charge is 0.481 e. The Labute approximate surface area is 123 Å². The number of aliphatic carboxylic acids is 1. The molecule has 1 N–H and O–H groups in total. The van der Waals surface area contributed by atoms with Crippen LogP contribution in [0.15, 0.2) is 60.8 Å². The first-order valence-electron chi connectivity index (χ1n) is 7.00. The number of hydrogen-bond donors (Lipinski definition) is 1. The molecule has 0 aliphatic carbocycles. The summed E-state index contributed by atoms with van der Waals surface area (Å²) in [4.78, 5) is 11.1. The highest BCUT2D eigenvalue weighted by Gasteiger charge is 2.14. The van der Waals surface area contributed by atoms with Crippen LogP contribution in [0.3, 0.4) is 0 Å². The molecular weight excluding hydrogens is 262 g/mol. The van der Waals surface area contributed by atoms with E-state index in [0.717, 1.165) is 23.0 Å². The molecule has 0 aliphatic heterocycles. The smallest absolute Gasteiger partial charge is 0.310 e. The maximum absolute atomic E-state index is 11.1. The van der Waals surface area contributed by atoms with Crippen molar-refractivity contribution in [2.24, 2.45) is 0 Å². The lowest BCUT2D eigenvalue weighted by atomic mass is 10.0. The Kier molecular flexibility index (Phi) is 3.48. The summed E-state index contributed by atoms with van der Waals surface area (Å²) < 4.78 is 2.16. The van der Waals surface area contributed by atoms with Gasteiger partial charge in [0.1, 0.15) is 0 Å². The van der Waals surface area contributed by atoms with Crippen molar-refractivity contribution in [1.82, 2.24) is 4.57 Å². The summed E-state index contributed by atoms with van der Waals surface area (Å²) in [5, 5.41) is 10.3. The molecule has 3 nitrogen and oxygen atoms in total. The van der Waals surface area contributed by atoms with Crippen molar-refractivity contribution in [3.63, 3.8) is 0 Å². The fourth-order valence-electron chi connectivity index (χ4n) is 2.53. The van der Waals surface area contributed by atoms with Crippen molar-refractivity contribution in [2.75, 3.05) is 0 Å². The molecule has 3 rings (SSSR count). The lowest BCUT2D eigenvalue weighted by Gasteiger charge is -2.09. The molecule has 0 radical (unpaired) electrons. The van der Waals surface area contributed by atoms with Crippen molar-refractivity contribution in [2.45, 2.75) is 19.4 Å². The van der Waals surface area contributed by atoms with Crippen molar-refractivity contribution >= 4 is 16.9 Å². The Balaban J connectivity index is 2.00. The Bertz CT molecular complexity index is 774. The van der Waals surface area contributed by atoms with Gasteiger partial charge in [-0.3, -0.25) is 4.79 Å². The predicted molar refractivity (Wildman–Crippen MR) is 83.5 cm³/mol. The van der Waals surface area contributed by atoms with Crippen LogP contribution >= 0.6 is 0 Å². The van der Waals surface area contributed by atoms with Crippen LogP contribution in [0.25, 0.3) is 10.9 Å². The Morgan fingerprint density at radius 1 is 1.14 bits per heavy atom. The number of fused-ring (bicyclic) bond motifs is 1. The monoisotopic (exact) mass is 279 g/mol. The number of carboxylic acid groups (broad SMARTS) is 1. The van der Waals surface area contributed by atoms with E-state index in [1.165, 1.54) is 5.56 Å². The van der Waals surface area contributed by atoms with Gasteiger partial charge in [0.05, 0.1) is 5.92 Å². The minimum absolute atomic E-state index is 0.491. The first kappa shape index (κ1) is 13.4. The van der Waals surface area contributed by atoms with Gasteiger partial charge < -0.3 is 9.67 Å². The van der Waals surface area contributed by atoms with Crippen LogP contribution < -0.4 is 0 Å². The number of nitrogens with zero attached hydrogens (tertiary/aromatic N) is 1. The maximum atomic E-state index is 11.1. The zero-order chi connectivity index (χ0) is 14.8. The summed E-state index contributed by atoms with van der Waals surface area (Å²) in [6.45, 7) is 2.50. The number of carbonyl (C=O) groups is 1. The second-order valence-corrected chi connectivity index (χ2v) is 5.31. The van der Waals surface area contributed by atoms with E-state index in [-0.39, 0.29) is 0 Å². The molecule has 3 heteroatoms. The molecule has 1 heterocycles. The summed E-state index contributed by atoms with van der Waals surface area (Å²) in [6, 6.07) is 18.2. The minimum atomic E-state index is -0.796. The molecule has 21 heavy (non-hydrogen) atoms. The minimum Gasteiger partial charge on any atom is -0.481 e. The van der Waals surface area contributed by atoms with Crippen LogP contribution in [0.5, 0.6) is 0 Å². The van der Waals surface area contributed by atoms with Gasteiger partial charge in [0.25, 0.3) is 0 Å². The molecule has 0 saturated heterocycles. The van der Waals surface area contributed by atoms with E-state index in [9.17, 15) is 4.79 Å². The summed E-state index contributed by atoms with van der Waals surface area (Å²) >= 11 is 0. The summed E-state index contributed by atoms with van der Waals surface area (Å²) in [5.41, 5.74) is 3.14. The molecule has 1 unspecified atom stereocenters. The summed E-state index contributed by atoms with van der Waals surface area (Å²) in [6.07, 6.45) is 2.05. The SMILES string of the molecule is CC(C(=O)O)c1ccc2ccn(Cc3ccccc3)c2c1. The van der Waals surface area contributed by atoms with Crippen LogP contribution in [0.1, 0.15) is 24.0 Å². The van der Waals surface area contributed by atoms with Crippen molar-refractivity contribution in [1.29, 1.82) is 0 Å². The number of benzene rings is 2. The van der Waals surface area contributed by atoms with Crippen molar-refractivity contribution < 1.29 is 9.90 Å². The van der Waals surface area contributed by atoms with Gasteiger partial charge in [-0.2, -0.15) is 0 Å². The maximum Gasteiger partial charge on any atom is 0.310 e. The van der Waals surface area contributed by atoms with E-state index >= 15 is 0 Å². The standard InChI is InChI=1S/C18H17NO2/c1-13(18(20)21)16-8-7-15-9-10-19(17(15)11-16)12-14-5-3-2-4-6-14/h2-11,13H,12H2,1H3,(H,20,21). The zero-order valence-electron chi connectivity index (χ0n) is 11.9. The number of rotatable bonds is 4. The van der Waals surface area contributed by atoms with Crippen molar-refractivity contribution in [3.8, 4) is 0 Å². The molecule has 0 aliphatic rings. The Morgan fingerprint density at radius 3 is 2.62 bits per heavy atom. The third-order valence-corrected chi connectivity index (χ3v) is 3.86. The highest BCUT2D eigenvalue weighted by molar-refractivity contribution is 5.83. The van der Waals surface area contributed by atoms with E-state index in [1.807, 2.05) is 42.6 Å². The lowest BCUT2D eigenvalue weighted by Crippen LogP contribution is -2.07. The van der Waals surface area contributed by atoms with Gasteiger partial charge in [-0.25, -0.2) is 0 Å². The van der Waals surface area contributed by atoms with Gasteiger partial charge in [-0.05, 0) is 35.6 Å². The fraction of sp³-hybridized carbons (Fsp3) is 0.167. The molecule has 106 valence electrons. The molecule has 0 saturated carbocycles. The number of aromatic nitrogens is 1. The highest BCUT2D eigenvalue weighted by Crippen LogP contribution is 2.23. The zero-order valence-corrected chi connectivity index (χ0v) is 11.9. The lowest BCUT2D eigenvalue weighted by molar-refractivity contribution is -0.138. The van der Waals surface area contributed by atoms with E-state index in [0.29, 0.717) is 0 Å². The molecule has 1 atom stereocenters. The van der Waals surface area contributed by atoms with Crippen LogP contribution in [-0.4, -0.2) is 15.6 Å². The Morgan fingerprint density at radius 2 is 1.90 bits per heavy atom. The first-order chi connectivity index (χ1) is 10.1. The van der Waals surface area contributed by atoms with Gasteiger partial charge in [0.15, 0.2) is 0 Å².